The SMILES string of the molecule is CC(=O)N1CCN(CCCN2C(=O)[C@@H]3Cc4c([nH]c5cc(F)c(Cl)cc45)C(c4cccc(O)c4)N3C2=O)CC1. The number of hydrogen-bond acceptors (Lipinski definition) is 5. The van der Waals surface area contributed by atoms with Crippen LogP contribution in [0.3, 0.4) is 0 Å². The number of aromatic nitrogens is 1. The van der Waals surface area contributed by atoms with Crippen LogP contribution in [-0.4, -0.2) is 92.8 Å². The Hall–Kier alpha value is -3.63. The molecule has 2 atom stereocenters. The molecule has 2 N–H and O–H groups in total. The number of phenolic OH excluding ortho intramolecular Hbond substituents is 1. The maximum atomic E-state index is 14.3. The summed E-state index contributed by atoms with van der Waals surface area (Å²) in [4.78, 5) is 49.2. The Kier molecular flexibility index (Phi) is 6.47. The quantitative estimate of drug-likeness (QED) is 0.471. The van der Waals surface area contributed by atoms with Gasteiger partial charge in [-0.3, -0.25) is 24.3 Å². The Morgan fingerprint density at radius 2 is 1.90 bits per heavy atom. The highest BCUT2D eigenvalue weighted by atomic mass is 35.5. The number of imide groups is 1. The van der Waals surface area contributed by atoms with Crippen molar-refractivity contribution >= 4 is 40.3 Å². The molecule has 0 aliphatic carbocycles. The molecule has 4 amide bonds. The van der Waals surface area contributed by atoms with Crippen LogP contribution in [0.25, 0.3) is 10.9 Å². The first-order valence-corrected chi connectivity index (χ1v) is 13.5. The number of rotatable bonds is 5. The molecular formula is C28H29ClFN5O4. The second kappa shape index (κ2) is 9.84. The number of piperazine rings is 1. The van der Waals surface area contributed by atoms with Crippen molar-refractivity contribution in [3.8, 4) is 5.75 Å². The number of hydrogen-bond donors (Lipinski definition) is 2. The normalized spacial score (nSPS) is 21.6. The zero-order valence-electron chi connectivity index (χ0n) is 21.5. The molecule has 0 spiro atoms. The fraction of sp³-hybridized carbons (Fsp3) is 0.393. The molecule has 39 heavy (non-hydrogen) atoms. The number of phenols is 1. The summed E-state index contributed by atoms with van der Waals surface area (Å²) in [6.07, 6.45) is 0.901. The standard InChI is InChI=1S/C28H29ClFN5O4/c1-16(36)33-10-8-32(9-11-33)6-3-7-34-27(38)24-14-20-19-13-21(29)22(30)15-23(19)31-25(20)26(35(24)28(34)39)17-4-2-5-18(37)12-17/h2,4-5,12-13,15,24,26,31,37H,3,6-11,14H2,1H3/t24-,26?/m0/s1. The summed E-state index contributed by atoms with van der Waals surface area (Å²) in [7, 11) is 0. The van der Waals surface area contributed by atoms with E-state index in [-0.39, 0.29) is 41.6 Å². The maximum absolute atomic E-state index is 14.3. The van der Waals surface area contributed by atoms with E-state index in [9.17, 15) is 23.9 Å². The number of carbonyl (C=O) groups is 3. The fourth-order valence-corrected chi connectivity index (χ4v) is 6.32. The van der Waals surface area contributed by atoms with E-state index >= 15 is 0 Å². The van der Waals surface area contributed by atoms with Crippen molar-refractivity contribution in [1.29, 1.82) is 0 Å². The molecule has 3 aliphatic rings. The topological polar surface area (TPSA) is 100 Å². The van der Waals surface area contributed by atoms with Gasteiger partial charge in [0.1, 0.15) is 23.7 Å². The van der Waals surface area contributed by atoms with E-state index in [0.717, 1.165) is 25.2 Å². The van der Waals surface area contributed by atoms with Gasteiger partial charge in [0.15, 0.2) is 0 Å². The molecule has 11 heteroatoms. The molecule has 3 aromatic rings. The number of nitrogens with zero attached hydrogens (tertiary/aromatic N) is 4. The van der Waals surface area contributed by atoms with Crippen LogP contribution in [0.4, 0.5) is 9.18 Å². The highest BCUT2D eigenvalue weighted by Crippen LogP contribution is 2.45. The number of amides is 4. The van der Waals surface area contributed by atoms with Gasteiger partial charge in [0.05, 0.1) is 5.02 Å². The van der Waals surface area contributed by atoms with Gasteiger partial charge >= 0.3 is 6.03 Å². The van der Waals surface area contributed by atoms with E-state index in [1.165, 1.54) is 11.0 Å². The second-order valence-electron chi connectivity index (χ2n) is 10.4. The summed E-state index contributed by atoms with van der Waals surface area (Å²) in [6, 6.07) is 7.74. The van der Waals surface area contributed by atoms with Gasteiger partial charge in [-0.25, -0.2) is 9.18 Å². The van der Waals surface area contributed by atoms with Crippen LogP contribution in [0.15, 0.2) is 36.4 Å². The lowest BCUT2D eigenvalue weighted by Crippen LogP contribution is -2.48. The summed E-state index contributed by atoms with van der Waals surface area (Å²) in [5.74, 6) is -0.704. The number of benzene rings is 2. The molecular weight excluding hydrogens is 525 g/mol. The number of halogens is 2. The van der Waals surface area contributed by atoms with Crippen molar-refractivity contribution in [3.05, 3.63) is 64.1 Å². The third-order valence-electron chi connectivity index (χ3n) is 8.13. The lowest BCUT2D eigenvalue weighted by atomic mass is 9.89. The minimum absolute atomic E-state index is 0.0137. The summed E-state index contributed by atoms with van der Waals surface area (Å²) in [5.41, 5.74) is 2.67. The highest BCUT2D eigenvalue weighted by molar-refractivity contribution is 6.31. The third kappa shape index (κ3) is 4.41. The predicted molar refractivity (Wildman–Crippen MR) is 143 cm³/mol. The number of aromatic amines is 1. The van der Waals surface area contributed by atoms with Crippen LogP contribution >= 0.6 is 11.6 Å². The van der Waals surface area contributed by atoms with Crippen LogP contribution in [0, 0.1) is 5.82 Å². The van der Waals surface area contributed by atoms with Crippen molar-refractivity contribution < 1.29 is 23.9 Å². The number of fused-ring (bicyclic) bond motifs is 4. The van der Waals surface area contributed by atoms with Crippen LogP contribution in [0.2, 0.25) is 5.02 Å². The monoisotopic (exact) mass is 553 g/mol. The molecule has 1 aromatic heterocycles. The first kappa shape index (κ1) is 25.6. The van der Waals surface area contributed by atoms with Gasteiger partial charge in [-0.1, -0.05) is 23.7 Å². The van der Waals surface area contributed by atoms with E-state index in [0.29, 0.717) is 41.7 Å². The highest BCUT2D eigenvalue weighted by Gasteiger charge is 2.52. The van der Waals surface area contributed by atoms with E-state index in [1.54, 1.807) is 42.2 Å². The van der Waals surface area contributed by atoms with Crippen molar-refractivity contribution in [2.24, 2.45) is 0 Å². The minimum Gasteiger partial charge on any atom is -0.508 e. The molecule has 2 aromatic carbocycles. The van der Waals surface area contributed by atoms with Gasteiger partial charge in [0, 0.05) is 62.7 Å². The van der Waals surface area contributed by atoms with E-state index in [2.05, 4.69) is 9.88 Å². The largest absolute Gasteiger partial charge is 0.508 e. The van der Waals surface area contributed by atoms with Gasteiger partial charge in [-0.2, -0.15) is 0 Å². The van der Waals surface area contributed by atoms with E-state index in [1.807, 2.05) is 4.90 Å². The molecule has 9 nitrogen and oxygen atoms in total. The lowest BCUT2D eigenvalue weighted by molar-refractivity contribution is -0.131. The van der Waals surface area contributed by atoms with Crippen molar-refractivity contribution in [1.82, 2.24) is 24.6 Å². The van der Waals surface area contributed by atoms with Gasteiger partial charge in [-0.15, -0.1) is 0 Å². The van der Waals surface area contributed by atoms with Crippen molar-refractivity contribution in [3.63, 3.8) is 0 Å². The average molecular weight is 554 g/mol. The first-order chi connectivity index (χ1) is 18.7. The smallest absolute Gasteiger partial charge is 0.328 e. The van der Waals surface area contributed by atoms with Crippen molar-refractivity contribution in [2.45, 2.75) is 31.8 Å². The molecule has 0 radical (unpaired) electrons. The first-order valence-electron chi connectivity index (χ1n) is 13.1. The van der Waals surface area contributed by atoms with E-state index < -0.39 is 17.9 Å². The molecule has 3 aliphatic heterocycles. The molecule has 0 saturated carbocycles. The molecule has 6 rings (SSSR count). The fourth-order valence-electron chi connectivity index (χ4n) is 6.16. The van der Waals surface area contributed by atoms with Gasteiger partial charge in [0.25, 0.3) is 5.91 Å². The third-order valence-corrected chi connectivity index (χ3v) is 8.42. The summed E-state index contributed by atoms with van der Waals surface area (Å²) >= 11 is 6.11. The lowest BCUT2D eigenvalue weighted by Gasteiger charge is -2.36. The Morgan fingerprint density at radius 1 is 1.13 bits per heavy atom. The molecule has 204 valence electrons. The van der Waals surface area contributed by atoms with Gasteiger partial charge < -0.3 is 15.0 Å². The summed E-state index contributed by atoms with van der Waals surface area (Å²) in [6.45, 7) is 5.47. The van der Waals surface area contributed by atoms with Crippen LogP contribution in [-0.2, 0) is 16.0 Å². The zero-order chi connectivity index (χ0) is 27.4. The maximum Gasteiger partial charge on any atom is 0.328 e. The average Bonchev–Trinajstić information content (AvgIpc) is 3.37. The summed E-state index contributed by atoms with van der Waals surface area (Å²) in [5, 5.41) is 10.9. The van der Waals surface area contributed by atoms with Gasteiger partial charge in [0.2, 0.25) is 5.91 Å². The zero-order valence-corrected chi connectivity index (χ0v) is 22.2. The molecule has 2 saturated heterocycles. The molecule has 1 unspecified atom stereocenters. The molecule has 2 fully saturated rings. The minimum atomic E-state index is -0.723. The van der Waals surface area contributed by atoms with Crippen LogP contribution in [0.1, 0.15) is 36.2 Å². The number of urea groups is 1. The van der Waals surface area contributed by atoms with Crippen molar-refractivity contribution in [2.75, 3.05) is 39.3 Å². The Labute approximate surface area is 229 Å². The Morgan fingerprint density at radius 3 is 2.62 bits per heavy atom. The van der Waals surface area contributed by atoms with E-state index in [4.69, 9.17) is 11.6 Å². The van der Waals surface area contributed by atoms with Crippen LogP contribution < -0.4 is 0 Å². The number of H-pyrrole nitrogens is 1. The van der Waals surface area contributed by atoms with Gasteiger partial charge in [-0.05, 0) is 48.4 Å². The Bertz CT molecular complexity index is 1480. The predicted octanol–water partition coefficient (Wildman–Crippen LogP) is 3.50. The number of aromatic hydroxyl groups is 1. The summed E-state index contributed by atoms with van der Waals surface area (Å²) < 4.78 is 14.3. The second-order valence-corrected chi connectivity index (χ2v) is 10.8. The van der Waals surface area contributed by atoms with Crippen LogP contribution in [0.5, 0.6) is 5.75 Å². The number of carbonyl (C=O) groups excluding carboxylic acids is 3. The number of nitrogens with one attached hydrogen (secondary N) is 1. The molecule has 4 heterocycles. The molecule has 0 bridgehead atoms. The Balaban J connectivity index is 1.27.